The molecule has 3 N–H and O–H groups in total. The average Bonchev–Trinajstić information content (AvgIpc) is 2.59. The molecule has 7 heteroatoms. The fourth-order valence-electron chi connectivity index (χ4n) is 2.14. The van der Waals surface area contributed by atoms with Gasteiger partial charge in [-0.2, -0.15) is 0 Å². The number of halogens is 1. The molecule has 0 aliphatic rings. The van der Waals surface area contributed by atoms with Crippen LogP contribution in [-0.4, -0.2) is 31.9 Å². The highest BCUT2D eigenvalue weighted by Crippen LogP contribution is 2.29. The molecule has 128 valence electrons. The van der Waals surface area contributed by atoms with Crippen LogP contribution in [0.1, 0.15) is 11.7 Å². The van der Waals surface area contributed by atoms with Crippen LogP contribution in [0.15, 0.2) is 42.5 Å². The number of hydrogen-bond acceptors (Lipinski definition) is 4. The molecule has 2 aromatic rings. The van der Waals surface area contributed by atoms with E-state index in [1.165, 1.54) is 14.2 Å². The molecule has 0 fully saturated rings. The Morgan fingerprint density at radius 1 is 1.21 bits per heavy atom. The van der Waals surface area contributed by atoms with Gasteiger partial charge in [-0.3, -0.25) is 0 Å². The molecule has 0 aromatic heterocycles. The number of nitrogens with one attached hydrogen (secondary N) is 2. The Kier molecular flexibility index (Phi) is 6.28. The Morgan fingerprint density at radius 3 is 2.67 bits per heavy atom. The number of aliphatic hydroxyl groups excluding tert-OH is 1. The highest BCUT2D eigenvalue weighted by Gasteiger charge is 2.15. The van der Waals surface area contributed by atoms with Gasteiger partial charge in [0, 0.05) is 22.8 Å². The minimum Gasteiger partial charge on any atom is -0.497 e. The second-order valence-corrected chi connectivity index (χ2v) is 5.41. The third-order valence-electron chi connectivity index (χ3n) is 3.33. The average molecular weight is 351 g/mol. The summed E-state index contributed by atoms with van der Waals surface area (Å²) in [6.07, 6.45) is -0.944. The second kappa shape index (κ2) is 8.42. The molecule has 24 heavy (non-hydrogen) atoms. The van der Waals surface area contributed by atoms with E-state index in [9.17, 15) is 9.90 Å². The molecule has 2 rings (SSSR count). The summed E-state index contributed by atoms with van der Waals surface area (Å²) in [4.78, 5) is 11.9. The van der Waals surface area contributed by atoms with E-state index in [0.717, 1.165) is 0 Å². The molecule has 6 nitrogen and oxygen atoms in total. The van der Waals surface area contributed by atoms with E-state index in [0.29, 0.717) is 27.8 Å². The second-order valence-electron chi connectivity index (χ2n) is 4.97. The van der Waals surface area contributed by atoms with Crippen LogP contribution in [0.4, 0.5) is 10.5 Å². The largest absolute Gasteiger partial charge is 0.497 e. The molecule has 0 radical (unpaired) electrons. The molecule has 0 aliphatic heterocycles. The summed E-state index contributed by atoms with van der Waals surface area (Å²) in [5.74, 6) is 1.11. The van der Waals surface area contributed by atoms with Crippen LogP contribution in [0, 0.1) is 0 Å². The van der Waals surface area contributed by atoms with Gasteiger partial charge in [-0.15, -0.1) is 0 Å². The van der Waals surface area contributed by atoms with Crippen LogP contribution in [-0.2, 0) is 0 Å². The van der Waals surface area contributed by atoms with Crippen molar-refractivity contribution in [1.82, 2.24) is 5.32 Å². The molecule has 0 saturated heterocycles. The first-order valence-electron chi connectivity index (χ1n) is 7.24. The Bertz CT molecular complexity index is 709. The van der Waals surface area contributed by atoms with E-state index in [1.54, 1.807) is 42.5 Å². The Morgan fingerprint density at radius 2 is 2.00 bits per heavy atom. The van der Waals surface area contributed by atoms with Crippen molar-refractivity contribution in [2.75, 3.05) is 26.1 Å². The van der Waals surface area contributed by atoms with Gasteiger partial charge in [-0.25, -0.2) is 4.79 Å². The first-order valence-corrected chi connectivity index (χ1v) is 7.61. The third kappa shape index (κ3) is 4.78. The van der Waals surface area contributed by atoms with Gasteiger partial charge in [0.25, 0.3) is 0 Å². The van der Waals surface area contributed by atoms with E-state index >= 15 is 0 Å². The van der Waals surface area contributed by atoms with Gasteiger partial charge in [-0.1, -0.05) is 17.7 Å². The van der Waals surface area contributed by atoms with Crippen molar-refractivity contribution in [3.8, 4) is 11.5 Å². The number of urea groups is 1. The van der Waals surface area contributed by atoms with Gasteiger partial charge in [0.05, 0.1) is 14.2 Å². The fourth-order valence-corrected chi connectivity index (χ4v) is 2.33. The van der Waals surface area contributed by atoms with Gasteiger partial charge in [0.15, 0.2) is 0 Å². The minimum atomic E-state index is -0.944. The number of ether oxygens (including phenoxy) is 2. The summed E-state index contributed by atoms with van der Waals surface area (Å²) in [6, 6.07) is 11.4. The molecule has 2 aromatic carbocycles. The molecule has 0 spiro atoms. The fraction of sp³-hybridized carbons (Fsp3) is 0.235. The molecule has 0 unspecified atom stereocenters. The summed E-state index contributed by atoms with van der Waals surface area (Å²) >= 11 is 5.86. The molecule has 1 atom stereocenters. The Balaban J connectivity index is 1.97. The number of carbonyl (C=O) groups is 1. The van der Waals surface area contributed by atoms with E-state index in [1.807, 2.05) is 0 Å². The Labute approximate surface area is 145 Å². The maximum atomic E-state index is 11.9. The minimum absolute atomic E-state index is 0.00985. The van der Waals surface area contributed by atoms with E-state index in [-0.39, 0.29) is 6.54 Å². The first-order chi connectivity index (χ1) is 11.5. The van der Waals surface area contributed by atoms with Crippen molar-refractivity contribution >= 4 is 23.3 Å². The van der Waals surface area contributed by atoms with Crippen molar-refractivity contribution in [2.45, 2.75) is 6.10 Å². The zero-order valence-electron chi connectivity index (χ0n) is 13.4. The summed E-state index contributed by atoms with van der Waals surface area (Å²) in [5, 5.41) is 16.1. The maximum Gasteiger partial charge on any atom is 0.319 e. The molecule has 0 aliphatic carbocycles. The number of rotatable bonds is 6. The zero-order chi connectivity index (χ0) is 17.5. The number of aliphatic hydroxyl groups is 1. The monoisotopic (exact) mass is 350 g/mol. The predicted octanol–water partition coefficient (Wildman–Crippen LogP) is 3.21. The standard InChI is InChI=1S/C17H19ClN2O4/c1-23-13-6-7-16(24-2)14(9-13)15(21)10-19-17(22)20-12-5-3-4-11(18)8-12/h3-9,15,21H,10H2,1-2H3,(H2,19,20,22)/t15-/m1/s1. The normalized spacial score (nSPS) is 11.5. The summed E-state index contributed by atoms with van der Waals surface area (Å²) in [7, 11) is 3.05. The van der Waals surface area contributed by atoms with E-state index in [2.05, 4.69) is 10.6 Å². The van der Waals surface area contributed by atoms with Gasteiger partial charge in [-0.05, 0) is 36.4 Å². The quantitative estimate of drug-likeness (QED) is 0.747. The zero-order valence-corrected chi connectivity index (χ0v) is 14.1. The van der Waals surface area contributed by atoms with Crippen LogP contribution < -0.4 is 20.1 Å². The number of hydrogen-bond donors (Lipinski definition) is 3. The lowest BCUT2D eigenvalue weighted by Gasteiger charge is -2.17. The van der Waals surface area contributed by atoms with E-state index < -0.39 is 12.1 Å². The SMILES string of the molecule is COc1ccc(OC)c([C@H](O)CNC(=O)Nc2cccc(Cl)c2)c1. The number of methoxy groups -OCH3 is 2. The van der Waals surface area contributed by atoms with Crippen molar-refractivity contribution in [1.29, 1.82) is 0 Å². The smallest absolute Gasteiger partial charge is 0.319 e. The summed E-state index contributed by atoms with van der Waals surface area (Å²) in [6.45, 7) is 0.00985. The Hall–Kier alpha value is -2.44. The van der Waals surface area contributed by atoms with Crippen LogP contribution in [0.2, 0.25) is 5.02 Å². The molecule has 0 saturated carbocycles. The number of carbonyl (C=O) groups excluding carboxylic acids is 1. The molecule has 2 amide bonds. The first kappa shape index (κ1) is 17.9. The van der Waals surface area contributed by atoms with Gasteiger partial charge < -0.3 is 25.2 Å². The number of benzene rings is 2. The van der Waals surface area contributed by atoms with Crippen LogP contribution >= 0.6 is 11.6 Å². The highest BCUT2D eigenvalue weighted by molar-refractivity contribution is 6.30. The third-order valence-corrected chi connectivity index (χ3v) is 3.57. The van der Waals surface area contributed by atoms with E-state index in [4.69, 9.17) is 21.1 Å². The molecule has 0 heterocycles. The van der Waals surface area contributed by atoms with Crippen LogP contribution in [0.5, 0.6) is 11.5 Å². The molecular weight excluding hydrogens is 332 g/mol. The van der Waals surface area contributed by atoms with Crippen molar-refractivity contribution in [3.05, 3.63) is 53.1 Å². The van der Waals surface area contributed by atoms with Gasteiger partial charge in [0.1, 0.15) is 17.6 Å². The summed E-state index contributed by atoms with van der Waals surface area (Å²) in [5.41, 5.74) is 1.09. The van der Waals surface area contributed by atoms with Gasteiger partial charge >= 0.3 is 6.03 Å². The summed E-state index contributed by atoms with van der Waals surface area (Å²) < 4.78 is 10.4. The predicted molar refractivity (Wildman–Crippen MR) is 93.0 cm³/mol. The van der Waals surface area contributed by atoms with Gasteiger partial charge in [0.2, 0.25) is 0 Å². The number of amides is 2. The molecule has 0 bridgehead atoms. The molecular formula is C17H19ClN2O4. The topological polar surface area (TPSA) is 79.8 Å². The van der Waals surface area contributed by atoms with Crippen LogP contribution in [0.3, 0.4) is 0 Å². The maximum absolute atomic E-state index is 11.9. The lowest BCUT2D eigenvalue weighted by atomic mass is 10.1. The van der Waals surface area contributed by atoms with Crippen LogP contribution in [0.25, 0.3) is 0 Å². The number of anilines is 1. The lowest BCUT2D eigenvalue weighted by Crippen LogP contribution is -2.32. The highest BCUT2D eigenvalue weighted by atomic mass is 35.5. The lowest BCUT2D eigenvalue weighted by molar-refractivity contribution is 0.170. The van der Waals surface area contributed by atoms with Crippen molar-refractivity contribution in [3.63, 3.8) is 0 Å². The van der Waals surface area contributed by atoms with Crippen molar-refractivity contribution < 1.29 is 19.4 Å². The van der Waals surface area contributed by atoms with Crippen molar-refractivity contribution in [2.24, 2.45) is 0 Å².